The van der Waals surface area contributed by atoms with Crippen LogP contribution in [0.2, 0.25) is 5.02 Å². The highest BCUT2D eigenvalue weighted by Crippen LogP contribution is 2.30. The van der Waals surface area contributed by atoms with E-state index in [2.05, 4.69) is 9.72 Å². The number of hydrogen-bond donors (Lipinski definition) is 0. The smallest absolute Gasteiger partial charge is 0.387 e. The van der Waals surface area contributed by atoms with E-state index in [1.807, 2.05) is 12.1 Å². The fourth-order valence-electron chi connectivity index (χ4n) is 3.05. The van der Waals surface area contributed by atoms with E-state index in [1.54, 1.807) is 49.3 Å². The average Bonchev–Trinajstić information content (AvgIpc) is 3.23. The van der Waals surface area contributed by atoms with E-state index in [0.717, 1.165) is 11.1 Å². The highest BCUT2D eigenvalue weighted by atomic mass is 35.5. The van der Waals surface area contributed by atoms with Crippen molar-refractivity contribution in [2.45, 2.75) is 32.9 Å². The fraction of sp³-hybridized carbons (Fsp3) is 0.304. The molecule has 1 heterocycles. The van der Waals surface area contributed by atoms with Gasteiger partial charge in [0.05, 0.1) is 12.8 Å². The van der Waals surface area contributed by atoms with Gasteiger partial charge in [0, 0.05) is 37.0 Å². The van der Waals surface area contributed by atoms with Gasteiger partial charge in [-0.15, -0.1) is 0 Å². The third kappa shape index (κ3) is 6.43. The number of rotatable bonds is 10. The van der Waals surface area contributed by atoms with Crippen LogP contribution in [0.1, 0.15) is 24.8 Å². The third-order valence-corrected chi connectivity index (χ3v) is 4.86. The zero-order chi connectivity index (χ0) is 23.1. The van der Waals surface area contributed by atoms with Crippen LogP contribution >= 0.6 is 11.6 Å². The molecule has 170 valence electrons. The summed E-state index contributed by atoms with van der Waals surface area (Å²) in [5.74, 6) is 1.12. The molecule has 0 bridgehead atoms. The number of aryl methyl sites for hydroxylation is 1. The summed E-state index contributed by atoms with van der Waals surface area (Å²) in [6, 6.07) is 11.8. The van der Waals surface area contributed by atoms with Crippen molar-refractivity contribution in [3.8, 4) is 22.8 Å². The number of carbonyl (C=O) groups is 1. The fourth-order valence-corrected chi connectivity index (χ4v) is 3.18. The number of alkyl halides is 2. The predicted octanol–water partition coefficient (Wildman–Crippen LogP) is 5.59. The van der Waals surface area contributed by atoms with Crippen LogP contribution in [0.25, 0.3) is 11.3 Å². The lowest BCUT2D eigenvalue weighted by atomic mass is 10.1. The highest BCUT2D eigenvalue weighted by Gasteiger charge is 2.15. The Labute approximate surface area is 189 Å². The number of oxazole rings is 1. The number of halogens is 3. The van der Waals surface area contributed by atoms with Gasteiger partial charge in [0.2, 0.25) is 5.91 Å². The second-order valence-electron chi connectivity index (χ2n) is 6.97. The minimum atomic E-state index is -2.94. The summed E-state index contributed by atoms with van der Waals surface area (Å²) in [6.45, 7) is -0.614. The predicted molar refractivity (Wildman–Crippen MR) is 116 cm³/mol. The first-order valence-electron chi connectivity index (χ1n) is 10.0. The van der Waals surface area contributed by atoms with E-state index in [-0.39, 0.29) is 30.4 Å². The van der Waals surface area contributed by atoms with Gasteiger partial charge in [0.25, 0.3) is 0 Å². The molecule has 6 nitrogen and oxygen atoms in total. The topological polar surface area (TPSA) is 64.8 Å². The summed E-state index contributed by atoms with van der Waals surface area (Å²) >= 11 is 5.90. The number of ether oxygens (including phenoxy) is 2. The molecule has 0 unspecified atom stereocenters. The maximum Gasteiger partial charge on any atom is 0.387 e. The van der Waals surface area contributed by atoms with Gasteiger partial charge in [-0.3, -0.25) is 4.79 Å². The Hall–Kier alpha value is -3.13. The number of aromatic nitrogens is 1. The molecule has 1 amide bonds. The molecule has 0 N–H and O–H groups in total. The summed E-state index contributed by atoms with van der Waals surface area (Å²) in [5.41, 5.74) is 1.58. The van der Waals surface area contributed by atoms with Crippen molar-refractivity contribution >= 4 is 17.5 Å². The molecular weight excluding hydrogens is 442 g/mol. The van der Waals surface area contributed by atoms with Crippen molar-refractivity contribution in [3.63, 3.8) is 0 Å². The maximum absolute atomic E-state index is 12.5. The molecule has 9 heteroatoms. The molecule has 0 aliphatic carbocycles. The summed E-state index contributed by atoms with van der Waals surface area (Å²) < 4.78 is 40.7. The van der Waals surface area contributed by atoms with Crippen LogP contribution < -0.4 is 9.47 Å². The molecule has 0 aliphatic rings. The quantitative estimate of drug-likeness (QED) is 0.391. The molecule has 0 aliphatic heterocycles. The first-order chi connectivity index (χ1) is 15.4. The van der Waals surface area contributed by atoms with Gasteiger partial charge in [0.15, 0.2) is 23.1 Å². The Morgan fingerprint density at radius 3 is 2.62 bits per heavy atom. The summed E-state index contributed by atoms with van der Waals surface area (Å²) in [6.07, 6.45) is 2.18. The van der Waals surface area contributed by atoms with Crippen molar-refractivity contribution in [2.75, 3.05) is 13.7 Å². The van der Waals surface area contributed by atoms with E-state index in [0.29, 0.717) is 29.7 Å². The van der Waals surface area contributed by atoms with Crippen LogP contribution in [0.4, 0.5) is 8.78 Å². The summed E-state index contributed by atoms with van der Waals surface area (Å²) in [7, 11) is 1.67. The molecule has 0 spiro atoms. The van der Waals surface area contributed by atoms with Crippen molar-refractivity contribution < 1.29 is 27.5 Å². The standard InChI is InChI=1S/C23H23ClF2N2O4/c1-3-30-19-12-15(4-9-18(19)32-23(25)26)14-28(2)22(29)11-10-21-27-13-20(31-21)16-5-7-17(24)8-6-16/h4-9,12-13,23H,3,10-11,14H2,1-2H3. The van der Waals surface area contributed by atoms with Crippen LogP contribution in [0.3, 0.4) is 0 Å². The van der Waals surface area contributed by atoms with Crippen molar-refractivity contribution in [2.24, 2.45) is 0 Å². The van der Waals surface area contributed by atoms with E-state index < -0.39 is 6.61 Å². The normalized spacial score (nSPS) is 10.9. The largest absolute Gasteiger partial charge is 0.490 e. The Balaban J connectivity index is 1.57. The van der Waals surface area contributed by atoms with Crippen molar-refractivity contribution in [1.82, 2.24) is 9.88 Å². The molecule has 0 saturated heterocycles. The van der Waals surface area contributed by atoms with E-state index in [1.165, 1.54) is 6.07 Å². The van der Waals surface area contributed by atoms with Crippen LogP contribution in [0.15, 0.2) is 53.1 Å². The van der Waals surface area contributed by atoms with Crippen LogP contribution in [-0.4, -0.2) is 36.1 Å². The lowest BCUT2D eigenvalue weighted by Gasteiger charge is -2.18. The molecule has 0 radical (unpaired) electrons. The maximum atomic E-state index is 12.5. The van der Waals surface area contributed by atoms with Crippen molar-refractivity contribution in [3.05, 3.63) is 65.1 Å². The first-order valence-corrected chi connectivity index (χ1v) is 10.4. The second kappa shape index (κ2) is 10.9. The molecule has 0 atom stereocenters. The SMILES string of the molecule is CCOc1cc(CN(C)C(=O)CCc2ncc(-c3ccc(Cl)cc3)o2)ccc1OC(F)F. The van der Waals surface area contributed by atoms with Gasteiger partial charge < -0.3 is 18.8 Å². The van der Waals surface area contributed by atoms with Gasteiger partial charge in [0.1, 0.15) is 0 Å². The minimum absolute atomic E-state index is 0.0417. The number of carbonyl (C=O) groups excluding carboxylic acids is 1. The Kier molecular flexibility index (Phi) is 8.05. The van der Waals surface area contributed by atoms with E-state index in [9.17, 15) is 13.6 Å². The Bertz CT molecular complexity index is 1040. The zero-order valence-electron chi connectivity index (χ0n) is 17.7. The molecule has 3 rings (SSSR count). The van der Waals surface area contributed by atoms with Gasteiger partial charge >= 0.3 is 6.61 Å². The highest BCUT2D eigenvalue weighted by molar-refractivity contribution is 6.30. The Morgan fingerprint density at radius 2 is 1.94 bits per heavy atom. The second-order valence-corrected chi connectivity index (χ2v) is 7.40. The zero-order valence-corrected chi connectivity index (χ0v) is 18.4. The van der Waals surface area contributed by atoms with Gasteiger partial charge in [-0.1, -0.05) is 17.7 Å². The van der Waals surface area contributed by atoms with Crippen LogP contribution in [-0.2, 0) is 17.8 Å². The summed E-state index contributed by atoms with van der Waals surface area (Å²) in [4.78, 5) is 18.3. The number of nitrogens with zero attached hydrogens (tertiary/aromatic N) is 2. The van der Waals surface area contributed by atoms with Gasteiger partial charge in [-0.2, -0.15) is 8.78 Å². The molecule has 3 aromatic rings. The van der Waals surface area contributed by atoms with Gasteiger partial charge in [-0.25, -0.2) is 4.98 Å². The van der Waals surface area contributed by atoms with E-state index >= 15 is 0 Å². The average molecular weight is 465 g/mol. The molecule has 2 aromatic carbocycles. The lowest BCUT2D eigenvalue weighted by molar-refractivity contribution is -0.130. The minimum Gasteiger partial charge on any atom is -0.490 e. The lowest BCUT2D eigenvalue weighted by Crippen LogP contribution is -2.26. The molecule has 32 heavy (non-hydrogen) atoms. The molecule has 0 saturated carbocycles. The molecule has 0 fully saturated rings. The van der Waals surface area contributed by atoms with Crippen LogP contribution in [0, 0.1) is 0 Å². The first kappa shape index (κ1) is 23.5. The monoisotopic (exact) mass is 464 g/mol. The number of amides is 1. The summed E-state index contributed by atoms with van der Waals surface area (Å²) in [5, 5.41) is 0.631. The van der Waals surface area contributed by atoms with Gasteiger partial charge in [-0.05, 0) is 48.9 Å². The van der Waals surface area contributed by atoms with E-state index in [4.69, 9.17) is 20.8 Å². The van der Waals surface area contributed by atoms with Crippen LogP contribution in [0.5, 0.6) is 11.5 Å². The number of benzene rings is 2. The Morgan fingerprint density at radius 1 is 1.19 bits per heavy atom. The number of hydrogen-bond acceptors (Lipinski definition) is 5. The molecular formula is C23H23ClF2N2O4. The molecule has 1 aromatic heterocycles. The third-order valence-electron chi connectivity index (χ3n) is 4.60. The van der Waals surface area contributed by atoms with Crippen molar-refractivity contribution in [1.29, 1.82) is 0 Å².